The van der Waals surface area contributed by atoms with Crippen molar-refractivity contribution >= 4 is 45.5 Å². The van der Waals surface area contributed by atoms with E-state index in [1.165, 1.54) is 6.33 Å². The molecule has 1 amide bonds. The van der Waals surface area contributed by atoms with Gasteiger partial charge in [0, 0.05) is 10.1 Å². The second-order valence-corrected chi connectivity index (χ2v) is 8.71. The minimum Gasteiger partial charge on any atom is -0.387 e. The second-order valence-electron chi connectivity index (χ2n) is 7.47. The van der Waals surface area contributed by atoms with E-state index >= 15 is 0 Å². The number of benzene rings is 1. The van der Waals surface area contributed by atoms with Crippen molar-refractivity contribution in [3.63, 3.8) is 0 Å². The number of nitrogens with zero attached hydrogens (tertiary/aromatic N) is 4. The lowest BCUT2D eigenvalue weighted by atomic mass is 9.95. The van der Waals surface area contributed by atoms with Gasteiger partial charge in [0.2, 0.25) is 5.91 Å². The fraction of sp³-hybridized carbons (Fsp3) is 0.368. The van der Waals surface area contributed by atoms with Crippen LogP contribution in [0.2, 0.25) is 0 Å². The van der Waals surface area contributed by atoms with Crippen LogP contribution in [0, 0.1) is 3.57 Å². The number of ether oxygens (including phenoxy) is 2. The summed E-state index contributed by atoms with van der Waals surface area (Å²) in [4.78, 5) is 24.6. The van der Waals surface area contributed by atoms with E-state index in [2.05, 4.69) is 48.9 Å². The number of aliphatic hydroxyl groups is 1. The van der Waals surface area contributed by atoms with E-state index in [0.717, 1.165) is 9.13 Å². The Morgan fingerprint density at radius 1 is 1.40 bits per heavy atom. The molecule has 1 aromatic carbocycles. The zero-order valence-corrected chi connectivity index (χ0v) is 17.9. The molecule has 10 nitrogen and oxygen atoms in total. The molecule has 5 rings (SSSR count). The van der Waals surface area contributed by atoms with Gasteiger partial charge >= 0.3 is 0 Å². The normalized spacial score (nSPS) is 27.6. The molecule has 4 N–H and O–H groups in total. The maximum absolute atomic E-state index is 11.5. The Labute approximate surface area is 184 Å². The van der Waals surface area contributed by atoms with E-state index < -0.39 is 29.9 Å². The lowest BCUT2D eigenvalue weighted by Crippen LogP contribution is -2.44. The molecule has 11 heteroatoms. The number of primary amides is 1. The fourth-order valence-corrected chi connectivity index (χ4v) is 4.68. The van der Waals surface area contributed by atoms with Crippen LogP contribution >= 0.6 is 22.6 Å². The molecule has 0 unspecified atom stereocenters. The third-order valence-electron chi connectivity index (χ3n) is 5.46. The predicted molar refractivity (Wildman–Crippen MR) is 114 cm³/mol. The number of imidazole rings is 1. The maximum Gasteiger partial charge on any atom is 0.220 e. The van der Waals surface area contributed by atoms with Crippen molar-refractivity contribution in [2.75, 3.05) is 11.9 Å². The third kappa shape index (κ3) is 3.21. The van der Waals surface area contributed by atoms with Gasteiger partial charge in [-0.1, -0.05) is 12.1 Å². The number of nitrogens with one attached hydrogen (secondary N) is 1. The largest absolute Gasteiger partial charge is 0.387 e. The molecule has 0 aliphatic carbocycles. The summed E-state index contributed by atoms with van der Waals surface area (Å²) in [6.45, 7) is 0.699. The topological polar surface area (TPSA) is 137 Å². The number of nitrogens with two attached hydrogens (primary N) is 1. The number of carbonyl (C=O) groups excluding carboxylic acids is 1. The van der Waals surface area contributed by atoms with Crippen LogP contribution in [0.15, 0.2) is 36.9 Å². The summed E-state index contributed by atoms with van der Waals surface area (Å²) in [6.07, 6.45) is 0.630. The van der Waals surface area contributed by atoms with Crippen molar-refractivity contribution < 1.29 is 19.4 Å². The van der Waals surface area contributed by atoms with E-state index in [4.69, 9.17) is 15.2 Å². The summed E-state index contributed by atoms with van der Waals surface area (Å²) in [5, 5.41) is 13.9. The molecule has 156 valence electrons. The summed E-state index contributed by atoms with van der Waals surface area (Å²) in [5.74, 6) is 0.0351. The van der Waals surface area contributed by atoms with E-state index in [0.29, 0.717) is 23.5 Å². The van der Waals surface area contributed by atoms with E-state index in [1.54, 1.807) is 10.9 Å². The molecular weight excluding hydrogens is 503 g/mol. The van der Waals surface area contributed by atoms with Crippen LogP contribution in [0.25, 0.3) is 11.2 Å². The van der Waals surface area contributed by atoms with Crippen LogP contribution in [0.5, 0.6) is 0 Å². The number of aromatic nitrogens is 4. The fourth-order valence-electron chi connectivity index (χ4n) is 4.07. The molecule has 2 saturated heterocycles. The highest BCUT2D eigenvalue weighted by Crippen LogP contribution is 2.47. The monoisotopic (exact) mass is 522 g/mol. The lowest BCUT2D eigenvalue weighted by molar-refractivity contribution is -0.177. The molecule has 4 atom stereocenters. The molecule has 0 spiro atoms. The first-order valence-corrected chi connectivity index (χ1v) is 10.5. The number of halogens is 1. The predicted octanol–water partition coefficient (Wildman–Crippen LogP) is 0.946. The minimum absolute atomic E-state index is 0.114. The molecule has 0 saturated carbocycles. The van der Waals surface area contributed by atoms with Crippen molar-refractivity contribution in [3.05, 3.63) is 46.1 Å². The van der Waals surface area contributed by atoms with Gasteiger partial charge in [0.1, 0.15) is 24.1 Å². The second kappa shape index (κ2) is 7.41. The number of rotatable bonds is 6. The van der Waals surface area contributed by atoms with Gasteiger partial charge in [-0.2, -0.15) is 0 Å². The zero-order valence-electron chi connectivity index (χ0n) is 15.7. The molecular formula is C19H19IN6O4. The molecule has 2 aliphatic heterocycles. The number of carbonyl (C=O) groups is 1. The summed E-state index contributed by atoms with van der Waals surface area (Å²) in [6, 6.07) is 8.16. The summed E-state index contributed by atoms with van der Waals surface area (Å²) < 4.78 is 14.6. The standard InChI is InChI=1S/C19H19IN6O4/c20-11-3-1-2-10(4-11)6-22-16-13-17(24-8-23-16)26(9-25-13)18-14-15(28)19(30-18,7-29-14)5-12(21)27/h1-4,8-9,14-15,18,28H,5-7H2,(H2,21,27)(H,22,23,24)/t14-,15-,18-,19-/m1/s1. The van der Waals surface area contributed by atoms with Gasteiger partial charge in [-0.25, -0.2) is 15.0 Å². The summed E-state index contributed by atoms with van der Waals surface area (Å²) in [7, 11) is 0. The van der Waals surface area contributed by atoms with Crippen molar-refractivity contribution in [1.82, 2.24) is 19.5 Å². The average Bonchev–Trinajstić information content (AvgIpc) is 3.35. The Morgan fingerprint density at radius 2 is 2.27 bits per heavy atom. The maximum atomic E-state index is 11.5. The summed E-state index contributed by atoms with van der Waals surface area (Å²) in [5.41, 5.74) is 6.44. The minimum atomic E-state index is -1.14. The van der Waals surface area contributed by atoms with Gasteiger partial charge < -0.3 is 25.6 Å². The molecule has 2 aliphatic rings. The highest BCUT2D eigenvalue weighted by atomic mass is 127. The van der Waals surface area contributed by atoms with Crippen molar-refractivity contribution in [3.8, 4) is 0 Å². The number of anilines is 1. The molecule has 2 bridgehead atoms. The number of amides is 1. The van der Waals surface area contributed by atoms with Crippen molar-refractivity contribution in [2.24, 2.45) is 5.73 Å². The Balaban J connectivity index is 1.42. The van der Waals surface area contributed by atoms with Gasteiger partial charge in [-0.15, -0.1) is 0 Å². The highest BCUT2D eigenvalue weighted by Gasteiger charge is 2.62. The van der Waals surface area contributed by atoms with Gasteiger partial charge in [0.05, 0.1) is 19.4 Å². The first-order chi connectivity index (χ1) is 14.5. The van der Waals surface area contributed by atoms with E-state index in [-0.39, 0.29) is 13.0 Å². The molecule has 30 heavy (non-hydrogen) atoms. The molecule has 2 aromatic heterocycles. The Kier molecular flexibility index (Phi) is 4.84. The first-order valence-electron chi connectivity index (χ1n) is 9.38. The van der Waals surface area contributed by atoms with Gasteiger partial charge in [-0.05, 0) is 40.3 Å². The van der Waals surface area contributed by atoms with Crippen LogP contribution in [0.1, 0.15) is 18.2 Å². The molecule has 3 aromatic rings. The van der Waals surface area contributed by atoms with E-state index in [9.17, 15) is 9.90 Å². The van der Waals surface area contributed by atoms with E-state index in [1.807, 2.05) is 18.2 Å². The molecule has 4 heterocycles. The van der Waals surface area contributed by atoms with Crippen molar-refractivity contribution in [2.45, 2.75) is 37.0 Å². The van der Waals surface area contributed by atoms with Gasteiger partial charge in [0.25, 0.3) is 0 Å². The van der Waals surface area contributed by atoms with Crippen molar-refractivity contribution in [1.29, 1.82) is 0 Å². The SMILES string of the molecule is NC(=O)C[C@]12CO[C@@H]([C@H](n3cnc4c(NCc5cccc(I)c5)ncnc43)O1)[C@H]2O. The number of fused-ring (bicyclic) bond motifs is 3. The number of aliphatic hydroxyl groups excluding tert-OH is 1. The quantitative estimate of drug-likeness (QED) is 0.407. The zero-order chi connectivity index (χ0) is 20.9. The lowest BCUT2D eigenvalue weighted by Gasteiger charge is -2.30. The third-order valence-corrected chi connectivity index (χ3v) is 6.13. The Hall–Kier alpha value is -2.35. The average molecular weight is 522 g/mol. The Morgan fingerprint density at radius 3 is 3.07 bits per heavy atom. The summed E-state index contributed by atoms with van der Waals surface area (Å²) >= 11 is 2.27. The number of hydrogen-bond donors (Lipinski definition) is 3. The number of hydrogen-bond acceptors (Lipinski definition) is 8. The first kappa shape index (κ1) is 19.6. The van der Waals surface area contributed by atoms with Crippen LogP contribution in [0.3, 0.4) is 0 Å². The van der Waals surface area contributed by atoms with Gasteiger partial charge in [-0.3, -0.25) is 9.36 Å². The molecule has 0 radical (unpaired) electrons. The molecule has 2 fully saturated rings. The van der Waals surface area contributed by atoms with Crippen LogP contribution in [0.4, 0.5) is 5.82 Å². The van der Waals surface area contributed by atoms with Crippen LogP contribution in [-0.4, -0.2) is 54.9 Å². The van der Waals surface area contributed by atoms with Crippen LogP contribution in [-0.2, 0) is 20.8 Å². The van der Waals surface area contributed by atoms with Gasteiger partial charge in [0.15, 0.2) is 23.2 Å². The highest BCUT2D eigenvalue weighted by molar-refractivity contribution is 14.1. The smallest absolute Gasteiger partial charge is 0.220 e. The van der Waals surface area contributed by atoms with Crippen LogP contribution < -0.4 is 11.1 Å². The Bertz CT molecular complexity index is 1120.